The van der Waals surface area contributed by atoms with Crippen molar-refractivity contribution in [2.45, 2.75) is 23.5 Å². The predicted molar refractivity (Wildman–Crippen MR) is 70.1 cm³/mol. The summed E-state index contributed by atoms with van der Waals surface area (Å²) in [5.74, 6) is -1.40. The van der Waals surface area contributed by atoms with Crippen molar-refractivity contribution in [3.05, 3.63) is 22.7 Å². The highest BCUT2D eigenvalue weighted by Crippen LogP contribution is 2.43. The Kier molecular flexibility index (Phi) is 3.93. The summed E-state index contributed by atoms with van der Waals surface area (Å²) < 4.78 is 5.93. The maximum absolute atomic E-state index is 11.8. The predicted octanol–water partition coefficient (Wildman–Crippen LogP) is -4.34. The van der Waals surface area contributed by atoms with Crippen LogP contribution in [-0.2, 0) is 9.53 Å². The molecule has 22 heavy (non-hydrogen) atoms. The van der Waals surface area contributed by atoms with E-state index < -0.39 is 48.3 Å². The fourth-order valence-corrected chi connectivity index (χ4v) is 2.42. The molecule has 1 aliphatic rings. The molecule has 1 aliphatic heterocycles. The minimum Gasteiger partial charge on any atom is -0.393 e. The lowest BCUT2D eigenvalue weighted by atomic mass is 9.81. The van der Waals surface area contributed by atoms with Gasteiger partial charge in [-0.3, -0.25) is 9.36 Å². The Morgan fingerprint density at radius 1 is 1.45 bits per heavy atom. The van der Waals surface area contributed by atoms with Gasteiger partial charge in [0.1, 0.15) is 11.9 Å². The molecule has 1 aromatic rings. The van der Waals surface area contributed by atoms with E-state index in [0.717, 1.165) is 10.8 Å². The van der Waals surface area contributed by atoms with Gasteiger partial charge in [-0.05, 0) is 6.07 Å². The molecule has 1 aromatic heterocycles. The largest absolute Gasteiger partial charge is 0.393 e. The second-order valence-electron chi connectivity index (χ2n) is 4.93. The van der Waals surface area contributed by atoms with Gasteiger partial charge in [0.2, 0.25) is 5.60 Å². The summed E-state index contributed by atoms with van der Waals surface area (Å²) in [6.07, 6.45) is -2.44. The third kappa shape index (κ3) is 1.99. The van der Waals surface area contributed by atoms with Crippen LogP contribution < -0.4 is 17.2 Å². The zero-order valence-electron chi connectivity index (χ0n) is 11.3. The molecule has 0 saturated carbocycles. The fraction of sp³-hybridized carbons (Fsp3) is 0.545. The van der Waals surface area contributed by atoms with E-state index in [1.54, 1.807) is 0 Å². The van der Waals surface area contributed by atoms with Gasteiger partial charge in [-0.2, -0.15) is 4.98 Å². The van der Waals surface area contributed by atoms with Gasteiger partial charge in [0.15, 0.2) is 11.8 Å². The number of carbonyl (C=O) groups excluding carboxylic acids is 1. The lowest BCUT2D eigenvalue weighted by Gasteiger charge is -2.36. The summed E-state index contributed by atoms with van der Waals surface area (Å²) in [4.78, 5) is 26.8. The average Bonchev–Trinajstić information content (AvgIpc) is 2.70. The van der Waals surface area contributed by atoms with Gasteiger partial charge >= 0.3 is 5.69 Å². The third-order valence-corrected chi connectivity index (χ3v) is 3.77. The molecule has 0 radical (unpaired) electrons. The van der Waals surface area contributed by atoms with Crippen molar-refractivity contribution in [2.24, 2.45) is 5.73 Å². The Morgan fingerprint density at radius 2 is 2.09 bits per heavy atom. The van der Waals surface area contributed by atoms with Gasteiger partial charge in [-0.15, -0.1) is 0 Å². The lowest BCUT2D eigenvalue weighted by Crippen LogP contribution is -2.66. The number of aliphatic hydroxyl groups is 4. The number of hydrogen-bond acceptors (Lipinski definition) is 9. The number of nitrogens with zero attached hydrogens (tertiary/aromatic N) is 2. The van der Waals surface area contributed by atoms with Crippen LogP contribution in [0.1, 0.15) is 6.23 Å². The summed E-state index contributed by atoms with van der Waals surface area (Å²) >= 11 is 0. The number of hydrogen-bond donors (Lipinski definition) is 6. The van der Waals surface area contributed by atoms with Crippen molar-refractivity contribution in [1.29, 1.82) is 0 Å². The van der Waals surface area contributed by atoms with Crippen molar-refractivity contribution >= 4 is 11.7 Å². The Morgan fingerprint density at radius 3 is 2.50 bits per heavy atom. The van der Waals surface area contributed by atoms with Crippen LogP contribution in [0.15, 0.2) is 17.1 Å². The van der Waals surface area contributed by atoms with Gasteiger partial charge in [-0.1, -0.05) is 0 Å². The summed E-state index contributed by atoms with van der Waals surface area (Å²) in [6.45, 7) is -2.27. The number of rotatable bonds is 4. The number of primary amides is 1. The first kappa shape index (κ1) is 16.3. The molecule has 0 aliphatic carbocycles. The molecule has 11 heteroatoms. The molecule has 11 nitrogen and oxygen atoms in total. The first-order chi connectivity index (χ1) is 10.2. The zero-order valence-corrected chi connectivity index (χ0v) is 11.3. The third-order valence-electron chi connectivity index (χ3n) is 3.77. The van der Waals surface area contributed by atoms with E-state index in [4.69, 9.17) is 16.2 Å². The minimum atomic E-state index is -2.61. The maximum Gasteiger partial charge on any atom is 0.351 e. The second-order valence-corrected chi connectivity index (χ2v) is 4.93. The molecule has 4 atom stereocenters. The number of nitrogens with two attached hydrogens (primary N) is 2. The highest BCUT2D eigenvalue weighted by Gasteiger charge is 2.68. The number of carbonyl (C=O) groups is 1. The Hall–Kier alpha value is -2.05. The van der Waals surface area contributed by atoms with E-state index in [9.17, 15) is 30.0 Å². The number of ether oxygens (including phenoxy) is 1. The van der Waals surface area contributed by atoms with Crippen molar-refractivity contribution in [1.82, 2.24) is 9.55 Å². The topological polar surface area (TPSA) is 194 Å². The molecular formula is C11H16N4O7. The number of amides is 1. The first-order valence-electron chi connectivity index (χ1n) is 6.18. The van der Waals surface area contributed by atoms with Gasteiger partial charge in [0, 0.05) is 6.20 Å². The van der Waals surface area contributed by atoms with Crippen LogP contribution in [-0.4, -0.2) is 66.4 Å². The van der Waals surface area contributed by atoms with Gasteiger partial charge in [0.05, 0.1) is 13.2 Å². The number of aliphatic hydroxyl groups excluding tert-OH is 3. The second kappa shape index (κ2) is 5.30. The molecule has 2 heterocycles. The molecule has 0 aromatic carbocycles. The van der Waals surface area contributed by atoms with Crippen molar-refractivity contribution in [2.75, 3.05) is 18.9 Å². The average molecular weight is 316 g/mol. The summed E-state index contributed by atoms with van der Waals surface area (Å²) in [7, 11) is 0. The van der Waals surface area contributed by atoms with E-state index in [2.05, 4.69) is 4.98 Å². The fourth-order valence-electron chi connectivity index (χ4n) is 2.42. The number of aromatic nitrogens is 2. The summed E-state index contributed by atoms with van der Waals surface area (Å²) in [5.41, 5.74) is 4.43. The molecule has 8 N–H and O–H groups in total. The van der Waals surface area contributed by atoms with Crippen molar-refractivity contribution in [3.8, 4) is 0 Å². The van der Waals surface area contributed by atoms with E-state index in [1.807, 2.05) is 0 Å². The SMILES string of the molecule is NC(=O)[C@]1(CO)O[C@@H](n2ccc(N)nc2=O)[C@H](O)[C@@]1(O)CO. The Labute approximate surface area is 123 Å². The van der Waals surface area contributed by atoms with Crippen LogP contribution >= 0.6 is 0 Å². The maximum atomic E-state index is 11.8. The van der Waals surface area contributed by atoms with Crippen LogP contribution in [0.4, 0.5) is 5.82 Å². The quantitative estimate of drug-likeness (QED) is 0.318. The normalized spacial score (nSPS) is 34.7. The Balaban J connectivity index is 2.58. The number of nitrogen functional groups attached to an aromatic ring is 1. The molecule has 122 valence electrons. The molecule has 2 rings (SSSR count). The van der Waals surface area contributed by atoms with Crippen molar-refractivity contribution < 1.29 is 30.0 Å². The van der Waals surface area contributed by atoms with Crippen LogP contribution in [0.2, 0.25) is 0 Å². The summed E-state index contributed by atoms with van der Waals surface area (Å²) in [5, 5.41) is 39.4. The molecule has 0 unspecified atom stereocenters. The van der Waals surface area contributed by atoms with Gasteiger partial charge in [0.25, 0.3) is 5.91 Å². The molecule has 0 spiro atoms. The van der Waals surface area contributed by atoms with Gasteiger partial charge in [-0.25, -0.2) is 4.79 Å². The lowest BCUT2D eigenvalue weighted by molar-refractivity contribution is -0.190. The first-order valence-corrected chi connectivity index (χ1v) is 6.18. The van der Waals surface area contributed by atoms with E-state index in [0.29, 0.717) is 0 Å². The summed E-state index contributed by atoms with van der Waals surface area (Å²) in [6, 6.07) is 1.22. The Bertz CT molecular complexity index is 650. The van der Waals surface area contributed by atoms with Gasteiger partial charge < -0.3 is 36.6 Å². The van der Waals surface area contributed by atoms with Crippen LogP contribution in [0.3, 0.4) is 0 Å². The van der Waals surface area contributed by atoms with E-state index in [-0.39, 0.29) is 5.82 Å². The molecular weight excluding hydrogens is 300 g/mol. The molecule has 0 bridgehead atoms. The van der Waals surface area contributed by atoms with Crippen LogP contribution in [0.5, 0.6) is 0 Å². The molecule has 1 fully saturated rings. The van der Waals surface area contributed by atoms with Crippen LogP contribution in [0, 0.1) is 0 Å². The molecule has 1 amide bonds. The highest BCUT2D eigenvalue weighted by molar-refractivity contribution is 5.86. The van der Waals surface area contributed by atoms with Crippen molar-refractivity contribution in [3.63, 3.8) is 0 Å². The monoisotopic (exact) mass is 316 g/mol. The highest BCUT2D eigenvalue weighted by atomic mass is 16.6. The minimum absolute atomic E-state index is 0.0884. The number of anilines is 1. The smallest absolute Gasteiger partial charge is 0.351 e. The van der Waals surface area contributed by atoms with E-state index in [1.165, 1.54) is 6.07 Å². The van der Waals surface area contributed by atoms with Crippen LogP contribution in [0.25, 0.3) is 0 Å². The standard InChI is InChI=1S/C11H16N4O7/c12-5-1-2-15(9(20)14-5)7-6(18)10(21,3-16)11(4-17,22-7)8(13)19/h1-2,6-7,16-18,21H,3-4H2,(H2,13,19)(H2,12,14,20)/t6-,7+,10-,11-/m0/s1. The van der Waals surface area contributed by atoms with E-state index >= 15 is 0 Å². The zero-order chi connectivity index (χ0) is 16.7. The molecule has 1 saturated heterocycles.